The van der Waals surface area contributed by atoms with E-state index in [1.54, 1.807) is 0 Å². The zero-order chi connectivity index (χ0) is 13.1. The molecule has 2 rings (SSSR count). The molecule has 0 saturated heterocycles. The van der Waals surface area contributed by atoms with Gasteiger partial charge in [0.05, 0.1) is 5.69 Å². The van der Waals surface area contributed by atoms with Crippen LogP contribution in [0.5, 0.6) is 0 Å². The Hall–Kier alpha value is -2.35. The summed E-state index contributed by atoms with van der Waals surface area (Å²) >= 11 is 0. The lowest BCUT2D eigenvalue weighted by Gasteiger charge is -2.08. The lowest BCUT2D eigenvalue weighted by atomic mass is 10.3. The predicted octanol–water partition coefficient (Wildman–Crippen LogP) is 1.92. The molecule has 1 aromatic heterocycles. The van der Waals surface area contributed by atoms with E-state index in [2.05, 4.69) is 20.7 Å². The molecule has 0 amide bonds. The zero-order valence-corrected chi connectivity index (χ0v) is 8.92. The van der Waals surface area contributed by atoms with Crippen LogP contribution in [0.25, 0.3) is 0 Å². The fraction of sp³-hybridized carbons (Fsp3) is 0. The van der Waals surface area contributed by atoms with Gasteiger partial charge in [0.1, 0.15) is 5.82 Å². The molecule has 2 aromatic rings. The molecule has 94 valence electrons. The van der Waals surface area contributed by atoms with Gasteiger partial charge in [-0.25, -0.2) is 24.0 Å². The number of halogens is 3. The smallest absolute Gasteiger partial charge is 0.239 e. The number of aromatic nitrogens is 2. The Balaban J connectivity index is 2.31. The zero-order valence-electron chi connectivity index (χ0n) is 8.92. The quantitative estimate of drug-likeness (QED) is 0.444. The summed E-state index contributed by atoms with van der Waals surface area (Å²) < 4.78 is 39.1. The number of nitrogens with two attached hydrogens (primary N) is 1. The van der Waals surface area contributed by atoms with E-state index in [1.165, 1.54) is 12.3 Å². The van der Waals surface area contributed by atoms with Crippen molar-refractivity contribution in [2.45, 2.75) is 0 Å². The third-order valence-electron chi connectivity index (χ3n) is 2.08. The lowest BCUT2D eigenvalue weighted by Crippen LogP contribution is -2.11. The van der Waals surface area contributed by atoms with E-state index >= 15 is 0 Å². The minimum absolute atomic E-state index is 0.1000. The number of hydrogen-bond donors (Lipinski definition) is 3. The molecule has 1 aromatic carbocycles. The molecule has 0 spiro atoms. The molecule has 18 heavy (non-hydrogen) atoms. The van der Waals surface area contributed by atoms with Crippen LogP contribution in [-0.4, -0.2) is 9.97 Å². The van der Waals surface area contributed by atoms with E-state index in [9.17, 15) is 13.2 Å². The standard InChI is InChI=1S/C10H8F3N5/c11-5-1-2-6(9(13)8(5)12)16-7-3-4-15-10(17-7)18-14/h1-4H,14H2,(H2,15,16,17,18). The van der Waals surface area contributed by atoms with Crippen LogP contribution in [-0.2, 0) is 0 Å². The molecule has 0 saturated carbocycles. The van der Waals surface area contributed by atoms with Gasteiger partial charge >= 0.3 is 0 Å². The Kier molecular flexibility index (Phi) is 3.28. The minimum Gasteiger partial charge on any atom is -0.338 e. The second-order valence-corrected chi connectivity index (χ2v) is 3.26. The van der Waals surface area contributed by atoms with Crippen molar-refractivity contribution >= 4 is 17.5 Å². The molecule has 0 bridgehead atoms. The van der Waals surface area contributed by atoms with Crippen molar-refractivity contribution < 1.29 is 13.2 Å². The van der Waals surface area contributed by atoms with E-state index in [4.69, 9.17) is 5.84 Å². The first-order chi connectivity index (χ1) is 8.61. The van der Waals surface area contributed by atoms with Gasteiger partial charge in [0.15, 0.2) is 17.5 Å². The Morgan fingerprint density at radius 3 is 2.56 bits per heavy atom. The van der Waals surface area contributed by atoms with E-state index in [1.807, 2.05) is 0 Å². The maximum atomic E-state index is 13.4. The normalized spacial score (nSPS) is 10.2. The number of hydrogen-bond acceptors (Lipinski definition) is 5. The molecule has 5 nitrogen and oxygen atoms in total. The van der Waals surface area contributed by atoms with E-state index < -0.39 is 17.5 Å². The fourth-order valence-electron chi connectivity index (χ4n) is 1.26. The largest absolute Gasteiger partial charge is 0.338 e. The van der Waals surface area contributed by atoms with Crippen molar-refractivity contribution in [2.24, 2.45) is 5.84 Å². The highest BCUT2D eigenvalue weighted by atomic mass is 19.2. The highest BCUT2D eigenvalue weighted by Crippen LogP contribution is 2.22. The van der Waals surface area contributed by atoms with Crippen LogP contribution in [0.1, 0.15) is 0 Å². The van der Waals surface area contributed by atoms with E-state index in [-0.39, 0.29) is 17.5 Å². The number of nitrogens with zero attached hydrogens (tertiary/aromatic N) is 2. The first-order valence-corrected chi connectivity index (χ1v) is 4.82. The summed E-state index contributed by atoms with van der Waals surface area (Å²) in [5, 5.41) is 2.49. The van der Waals surface area contributed by atoms with E-state index in [0.29, 0.717) is 0 Å². The van der Waals surface area contributed by atoms with Crippen molar-refractivity contribution in [3.05, 3.63) is 41.8 Å². The van der Waals surface area contributed by atoms with Gasteiger partial charge in [-0.05, 0) is 18.2 Å². The summed E-state index contributed by atoms with van der Waals surface area (Å²) in [4.78, 5) is 7.58. The molecule has 0 atom stereocenters. The van der Waals surface area contributed by atoms with Crippen molar-refractivity contribution in [1.82, 2.24) is 9.97 Å². The topological polar surface area (TPSA) is 75.9 Å². The second kappa shape index (κ2) is 4.88. The number of nitrogen functional groups attached to an aromatic ring is 1. The van der Waals surface area contributed by atoms with Crippen LogP contribution in [0.15, 0.2) is 24.4 Å². The number of anilines is 3. The minimum atomic E-state index is -1.55. The first-order valence-electron chi connectivity index (χ1n) is 4.82. The Bertz CT molecular complexity index is 575. The average Bonchev–Trinajstić information content (AvgIpc) is 2.40. The van der Waals surface area contributed by atoms with Gasteiger partial charge in [-0.3, -0.25) is 5.43 Å². The van der Waals surface area contributed by atoms with Gasteiger partial charge in [-0.1, -0.05) is 0 Å². The molecule has 0 aliphatic carbocycles. The monoisotopic (exact) mass is 255 g/mol. The Labute approximate surface area is 99.8 Å². The molecule has 0 aliphatic rings. The van der Waals surface area contributed by atoms with Crippen molar-refractivity contribution in [1.29, 1.82) is 0 Å². The molecule has 8 heteroatoms. The second-order valence-electron chi connectivity index (χ2n) is 3.26. The number of hydrazine groups is 1. The van der Waals surface area contributed by atoms with Gasteiger partial charge in [-0.2, -0.15) is 4.98 Å². The van der Waals surface area contributed by atoms with Gasteiger partial charge in [0.25, 0.3) is 0 Å². The number of nitrogens with one attached hydrogen (secondary N) is 2. The molecule has 1 heterocycles. The maximum absolute atomic E-state index is 13.4. The maximum Gasteiger partial charge on any atom is 0.239 e. The Morgan fingerprint density at radius 1 is 1.06 bits per heavy atom. The number of benzene rings is 1. The summed E-state index contributed by atoms with van der Waals surface area (Å²) in [5.41, 5.74) is 1.96. The summed E-state index contributed by atoms with van der Waals surface area (Å²) in [5.74, 6) is 1.25. The lowest BCUT2D eigenvalue weighted by molar-refractivity contribution is 0.449. The van der Waals surface area contributed by atoms with Gasteiger partial charge < -0.3 is 5.32 Å². The van der Waals surface area contributed by atoms with Gasteiger partial charge in [-0.15, -0.1) is 0 Å². The molecule has 0 aliphatic heterocycles. The van der Waals surface area contributed by atoms with Crippen LogP contribution in [0.2, 0.25) is 0 Å². The molecule has 0 radical (unpaired) electrons. The molecular formula is C10H8F3N5. The summed E-state index contributed by atoms with van der Waals surface area (Å²) in [6.45, 7) is 0. The van der Waals surface area contributed by atoms with Crippen LogP contribution in [0, 0.1) is 17.5 Å². The van der Waals surface area contributed by atoms with Crippen LogP contribution in [0.4, 0.5) is 30.6 Å². The molecule has 0 fully saturated rings. The fourth-order valence-corrected chi connectivity index (χ4v) is 1.26. The van der Waals surface area contributed by atoms with Crippen molar-refractivity contribution in [3.63, 3.8) is 0 Å². The van der Waals surface area contributed by atoms with Gasteiger partial charge in [0, 0.05) is 6.20 Å². The van der Waals surface area contributed by atoms with Crippen molar-refractivity contribution in [2.75, 3.05) is 10.7 Å². The summed E-state index contributed by atoms with van der Waals surface area (Å²) in [7, 11) is 0. The molecule has 0 unspecified atom stereocenters. The Morgan fingerprint density at radius 2 is 1.83 bits per heavy atom. The molecule has 4 N–H and O–H groups in total. The summed E-state index contributed by atoms with van der Waals surface area (Å²) in [6.07, 6.45) is 1.36. The third-order valence-corrected chi connectivity index (χ3v) is 2.08. The summed E-state index contributed by atoms with van der Waals surface area (Å²) in [6, 6.07) is 3.29. The SMILES string of the molecule is NNc1nccc(Nc2ccc(F)c(F)c2F)n1. The van der Waals surface area contributed by atoms with Crippen LogP contribution < -0.4 is 16.6 Å². The van der Waals surface area contributed by atoms with Crippen molar-refractivity contribution in [3.8, 4) is 0 Å². The highest BCUT2D eigenvalue weighted by molar-refractivity contribution is 5.57. The van der Waals surface area contributed by atoms with E-state index in [0.717, 1.165) is 12.1 Å². The van der Waals surface area contributed by atoms with Crippen LogP contribution in [0.3, 0.4) is 0 Å². The predicted molar refractivity (Wildman–Crippen MR) is 59.4 cm³/mol. The first kappa shape index (κ1) is 12.1. The highest BCUT2D eigenvalue weighted by Gasteiger charge is 2.13. The molecular weight excluding hydrogens is 247 g/mol. The average molecular weight is 255 g/mol. The third kappa shape index (κ3) is 2.33. The number of rotatable bonds is 3. The van der Waals surface area contributed by atoms with Gasteiger partial charge in [0.2, 0.25) is 5.95 Å². The van der Waals surface area contributed by atoms with Crippen LogP contribution >= 0.6 is 0 Å².